The Labute approximate surface area is 196 Å². The number of anilines is 1. The van der Waals surface area contributed by atoms with Crippen molar-refractivity contribution >= 4 is 31.6 Å². The number of hydrogen-bond donors (Lipinski definition) is 3. The van der Waals surface area contributed by atoms with E-state index in [-0.39, 0.29) is 28.2 Å². The Balaban J connectivity index is 1.58. The molecule has 8 nitrogen and oxygen atoms in total. The van der Waals surface area contributed by atoms with E-state index in [2.05, 4.69) is 14.8 Å². The normalized spacial score (nSPS) is 15.3. The first-order valence-corrected chi connectivity index (χ1v) is 14.0. The third-order valence-electron chi connectivity index (χ3n) is 5.86. The maximum Gasteiger partial charge on any atom is 0.240 e. The minimum absolute atomic E-state index is 0.00261. The number of hydrogen-bond acceptors (Lipinski definition) is 5. The summed E-state index contributed by atoms with van der Waals surface area (Å²) in [6.07, 6.45) is 5.59. The number of amides is 1. The van der Waals surface area contributed by atoms with Crippen molar-refractivity contribution in [3.63, 3.8) is 0 Å². The highest BCUT2D eigenvalue weighted by molar-refractivity contribution is 7.89. The fourth-order valence-corrected chi connectivity index (χ4v) is 5.90. The third-order valence-corrected chi connectivity index (χ3v) is 8.81. The van der Waals surface area contributed by atoms with Crippen LogP contribution in [0.25, 0.3) is 0 Å². The molecule has 1 fully saturated rings. The summed E-state index contributed by atoms with van der Waals surface area (Å²) < 4.78 is 54.3. The Kier molecular flexibility index (Phi) is 8.28. The number of nitrogens with one attached hydrogen (secondary N) is 3. The highest BCUT2D eigenvalue weighted by Gasteiger charge is 2.21. The van der Waals surface area contributed by atoms with Gasteiger partial charge >= 0.3 is 0 Å². The lowest BCUT2D eigenvalue weighted by Gasteiger charge is -2.22. The summed E-state index contributed by atoms with van der Waals surface area (Å²) in [6.45, 7) is 1.78. The lowest BCUT2D eigenvalue weighted by atomic mass is 9.96. The monoisotopic (exact) mass is 493 g/mol. The van der Waals surface area contributed by atoms with Crippen molar-refractivity contribution < 1.29 is 21.6 Å². The molecule has 0 atom stereocenters. The maximum absolute atomic E-state index is 12.6. The molecule has 0 bridgehead atoms. The van der Waals surface area contributed by atoms with Gasteiger partial charge in [0, 0.05) is 18.2 Å². The van der Waals surface area contributed by atoms with E-state index in [1.807, 2.05) is 0 Å². The molecule has 0 aliphatic heterocycles. The molecule has 2 aromatic carbocycles. The number of sulfonamides is 2. The first-order valence-electron chi connectivity index (χ1n) is 11.1. The van der Waals surface area contributed by atoms with Crippen LogP contribution in [0.4, 0.5) is 5.69 Å². The molecule has 180 valence electrons. The van der Waals surface area contributed by atoms with E-state index in [9.17, 15) is 21.6 Å². The van der Waals surface area contributed by atoms with Crippen LogP contribution in [0.1, 0.15) is 49.7 Å². The third kappa shape index (κ3) is 6.86. The fourth-order valence-electron chi connectivity index (χ4n) is 3.83. The summed E-state index contributed by atoms with van der Waals surface area (Å²) in [4.78, 5) is 12.7. The molecule has 3 N–H and O–H groups in total. The van der Waals surface area contributed by atoms with Crippen molar-refractivity contribution in [3.05, 3.63) is 53.6 Å². The summed E-state index contributed by atoms with van der Waals surface area (Å²) in [5.41, 5.74) is 2.02. The number of carbonyl (C=O) groups is 1. The van der Waals surface area contributed by atoms with E-state index >= 15 is 0 Å². The molecule has 0 aromatic heterocycles. The second kappa shape index (κ2) is 10.8. The molecule has 33 heavy (non-hydrogen) atoms. The van der Waals surface area contributed by atoms with Gasteiger partial charge in [-0.15, -0.1) is 0 Å². The SMILES string of the molecule is CNS(=O)(=O)c1ccc(C)c(NC(=O)CCc2ccc(S(=O)(=O)NC3CCCCC3)cc2)c1. The van der Waals surface area contributed by atoms with Crippen molar-refractivity contribution in [2.45, 2.75) is 67.7 Å². The zero-order valence-electron chi connectivity index (χ0n) is 18.9. The largest absolute Gasteiger partial charge is 0.326 e. The van der Waals surface area contributed by atoms with Crippen molar-refractivity contribution in [2.24, 2.45) is 0 Å². The van der Waals surface area contributed by atoms with Gasteiger partial charge < -0.3 is 5.32 Å². The first kappa shape index (κ1) is 25.4. The molecular formula is C23H31N3O5S2. The molecule has 3 rings (SSSR count). The van der Waals surface area contributed by atoms with E-state index in [1.165, 1.54) is 19.2 Å². The topological polar surface area (TPSA) is 121 Å². The summed E-state index contributed by atoms with van der Waals surface area (Å²) in [5, 5.41) is 2.76. The lowest BCUT2D eigenvalue weighted by molar-refractivity contribution is -0.116. The first-order chi connectivity index (χ1) is 15.6. The van der Waals surface area contributed by atoms with Gasteiger partial charge in [-0.05, 0) is 68.6 Å². The van der Waals surface area contributed by atoms with Crippen molar-refractivity contribution in [2.75, 3.05) is 12.4 Å². The molecule has 0 radical (unpaired) electrons. The second-order valence-corrected chi connectivity index (χ2v) is 11.9. The predicted octanol–water partition coefficient (Wildman–Crippen LogP) is 3.09. The van der Waals surface area contributed by atoms with E-state index < -0.39 is 20.0 Å². The van der Waals surface area contributed by atoms with Crippen LogP contribution in [0.15, 0.2) is 52.3 Å². The average molecular weight is 494 g/mol. The van der Waals surface area contributed by atoms with Crippen LogP contribution in [-0.2, 0) is 31.3 Å². The Hall–Kier alpha value is -2.27. The molecule has 1 saturated carbocycles. The highest BCUT2D eigenvalue weighted by Crippen LogP contribution is 2.22. The van der Waals surface area contributed by atoms with Crippen LogP contribution >= 0.6 is 0 Å². The van der Waals surface area contributed by atoms with E-state index in [4.69, 9.17) is 0 Å². The quantitative estimate of drug-likeness (QED) is 0.496. The Morgan fingerprint density at radius 2 is 1.55 bits per heavy atom. The van der Waals surface area contributed by atoms with Crippen molar-refractivity contribution in [3.8, 4) is 0 Å². The number of carbonyl (C=O) groups excluding carboxylic acids is 1. The number of aryl methyl sites for hydroxylation is 2. The van der Waals surface area contributed by atoms with Crippen LogP contribution in [0.5, 0.6) is 0 Å². The maximum atomic E-state index is 12.6. The Bertz CT molecular complexity index is 1190. The van der Waals surface area contributed by atoms with Crippen LogP contribution in [-0.4, -0.2) is 35.8 Å². The molecular weight excluding hydrogens is 462 g/mol. The molecule has 1 aliphatic rings. The predicted molar refractivity (Wildman–Crippen MR) is 128 cm³/mol. The molecule has 0 spiro atoms. The van der Waals surface area contributed by atoms with Crippen LogP contribution in [0.3, 0.4) is 0 Å². The average Bonchev–Trinajstić information content (AvgIpc) is 2.79. The summed E-state index contributed by atoms with van der Waals surface area (Å²) in [5.74, 6) is -0.257. The Morgan fingerprint density at radius 3 is 2.18 bits per heavy atom. The minimum atomic E-state index is -3.61. The van der Waals surface area contributed by atoms with Crippen molar-refractivity contribution in [1.29, 1.82) is 0 Å². The summed E-state index contributed by atoms with van der Waals surface area (Å²) in [7, 11) is -5.84. The molecule has 0 saturated heterocycles. The van der Waals surface area contributed by atoms with Gasteiger partial charge in [-0.2, -0.15) is 0 Å². The number of rotatable bonds is 9. The highest BCUT2D eigenvalue weighted by atomic mass is 32.2. The zero-order chi connectivity index (χ0) is 24.1. The van der Waals surface area contributed by atoms with Gasteiger partial charge in [0.25, 0.3) is 0 Å². The van der Waals surface area contributed by atoms with Gasteiger partial charge in [0.15, 0.2) is 0 Å². The van der Waals surface area contributed by atoms with Gasteiger partial charge in [0.2, 0.25) is 26.0 Å². The van der Waals surface area contributed by atoms with Crippen LogP contribution in [0, 0.1) is 6.92 Å². The van der Waals surface area contributed by atoms with Gasteiger partial charge in [-0.1, -0.05) is 37.5 Å². The molecule has 2 aromatic rings. The van der Waals surface area contributed by atoms with Crippen molar-refractivity contribution in [1.82, 2.24) is 9.44 Å². The summed E-state index contributed by atoms with van der Waals surface area (Å²) in [6, 6.07) is 11.1. The zero-order valence-corrected chi connectivity index (χ0v) is 20.6. The van der Waals surface area contributed by atoms with E-state index in [1.54, 1.807) is 37.3 Å². The van der Waals surface area contributed by atoms with Gasteiger partial charge in [-0.25, -0.2) is 26.3 Å². The molecule has 0 heterocycles. The molecule has 1 amide bonds. The van der Waals surface area contributed by atoms with E-state index in [0.717, 1.165) is 43.2 Å². The van der Waals surface area contributed by atoms with E-state index in [0.29, 0.717) is 12.1 Å². The van der Waals surface area contributed by atoms with Gasteiger partial charge in [0.05, 0.1) is 9.79 Å². The van der Waals surface area contributed by atoms with Gasteiger partial charge in [0.1, 0.15) is 0 Å². The number of benzene rings is 2. The standard InChI is InChI=1S/C23H31N3O5S2/c1-17-8-12-21(32(28,29)24-2)16-22(17)25-23(27)15-11-18-9-13-20(14-10-18)33(30,31)26-19-6-4-3-5-7-19/h8-10,12-14,16,19,24,26H,3-7,11,15H2,1-2H3,(H,25,27). The summed E-state index contributed by atoms with van der Waals surface area (Å²) >= 11 is 0. The second-order valence-electron chi connectivity index (χ2n) is 8.33. The van der Waals surface area contributed by atoms with Gasteiger partial charge in [-0.3, -0.25) is 4.79 Å². The molecule has 0 unspecified atom stereocenters. The minimum Gasteiger partial charge on any atom is -0.326 e. The fraction of sp³-hybridized carbons (Fsp3) is 0.435. The van der Waals surface area contributed by atoms with Crippen LogP contribution < -0.4 is 14.8 Å². The smallest absolute Gasteiger partial charge is 0.240 e. The lowest BCUT2D eigenvalue weighted by Crippen LogP contribution is -2.36. The molecule has 1 aliphatic carbocycles. The van der Waals surface area contributed by atoms with Crippen LogP contribution in [0.2, 0.25) is 0 Å². The molecule has 10 heteroatoms. The Morgan fingerprint density at radius 1 is 0.909 bits per heavy atom.